The van der Waals surface area contributed by atoms with E-state index in [1.165, 1.54) is 11.3 Å². The minimum Gasteiger partial charge on any atom is -0.389 e. The third-order valence-electron chi connectivity index (χ3n) is 2.25. The highest BCUT2D eigenvalue weighted by molar-refractivity contribution is 7.16. The van der Waals surface area contributed by atoms with Gasteiger partial charge in [0.2, 0.25) is 0 Å². The molecule has 0 aliphatic rings. The number of halogens is 1. The minimum absolute atomic E-state index is 0.396. The molecule has 0 amide bonds. The van der Waals surface area contributed by atoms with Crippen LogP contribution in [0.25, 0.3) is 0 Å². The first kappa shape index (κ1) is 12.9. The third kappa shape index (κ3) is 4.05. The summed E-state index contributed by atoms with van der Waals surface area (Å²) in [6.45, 7) is 0.396. The maximum Gasteiger partial charge on any atom is 0.151 e. The molecule has 0 fully saturated rings. The van der Waals surface area contributed by atoms with Gasteiger partial charge in [-0.25, -0.2) is 0 Å². The van der Waals surface area contributed by atoms with Crippen molar-refractivity contribution in [1.29, 1.82) is 0 Å². The van der Waals surface area contributed by atoms with Gasteiger partial charge >= 0.3 is 0 Å². The van der Waals surface area contributed by atoms with Crippen molar-refractivity contribution < 1.29 is 4.84 Å². The number of hydrogen-bond acceptors (Lipinski definition) is 3. The molecule has 2 rings (SSSR count). The van der Waals surface area contributed by atoms with E-state index >= 15 is 0 Å². The Morgan fingerprint density at radius 2 is 2.00 bits per heavy atom. The predicted molar refractivity (Wildman–Crippen MR) is 75.9 cm³/mol. The first-order valence-corrected chi connectivity index (χ1v) is 6.66. The maximum atomic E-state index is 5.81. The van der Waals surface area contributed by atoms with Crippen molar-refractivity contribution >= 4 is 28.8 Å². The molecule has 2 aromatic rings. The molecule has 3 nitrogen and oxygen atoms in total. The van der Waals surface area contributed by atoms with Crippen LogP contribution in [0, 0.1) is 0 Å². The van der Waals surface area contributed by atoms with Gasteiger partial charge in [0.15, 0.2) is 6.61 Å². The number of oxime groups is 1. The van der Waals surface area contributed by atoms with Gasteiger partial charge in [0, 0.05) is 11.3 Å². The van der Waals surface area contributed by atoms with Gasteiger partial charge in [-0.05, 0) is 17.7 Å². The lowest BCUT2D eigenvalue weighted by molar-refractivity contribution is 0.132. The lowest BCUT2D eigenvalue weighted by Crippen LogP contribution is -2.15. The molecule has 0 aliphatic heterocycles. The summed E-state index contributed by atoms with van der Waals surface area (Å²) in [5.41, 5.74) is 6.89. The standard InChI is InChI=1S/C13H13ClN2OS/c14-12-7-6-11(18-12)9-17-16-13(15)8-10-4-2-1-3-5-10/h1-7H,8-9H2,(H2,15,16). The van der Waals surface area contributed by atoms with Gasteiger partial charge in [0.05, 0.1) is 4.34 Å². The van der Waals surface area contributed by atoms with E-state index in [1.54, 1.807) is 0 Å². The van der Waals surface area contributed by atoms with Crippen molar-refractivity contribution in [3.8, 4) is 0 Å². The van der Waals surface area contributed by atoms with Crippen LogP contribution in [0.15, 0.2) is 47.6 Å². The number of benzene rings is 1. The van der Waals surface area contributed by atoms with E-state index in [-0.39, 0.29) is 0 Å². The molecule has 1 aromatic carbocycles. The van der Waals surface area contributed by atoms with Gasteiger partial charge in [-0.3, -0.25) is 0 Å². The molecular weight excluding hydrogens is 268 g/mol. The van der Waals surface area contributed by atoms with Crippen LogP contribution < -0.4 is 5.73 Å². The van der Waals surface area contributed by atoms with Crippen LogP contribution in [0.1, 0.15) is 10.4 Å². The average Bonchev–Trinajstić information content (AvgIpc) is 2.76. The van der Waals surface area contributed by atoms with Gasteiger partial charge in [-0.2, -0.15) is 0 Å². The zero-order valence-electron chi connectivity index (χ0n) is 9.67. The molecule has 0 saturated heterocycles. The van der Waals surface area contributed by atoms with Gasteiger partial charge in [-0.15, -0.1) is 11.3 Å². The summed E-state index contributed by atoms with van der Waals surface area (Å²) in [4.78, 5) is 6.21. The van der Waals surface area contributed by atoms with Gasteiger partial charge in [-0.1, -0.05) is 47.1 Å². The summed E-state index contributed by atoms with van der Waals surface area (Å²) in [7, 11) is 0. The smallest absolute Gasteiger partial charge is 0.151 e. The van der Waals surface area contributed by atoms with Crippen LogP contribution in [0.2, 0.25) is 4.34 Å². The zero-order chi connectivity index (χ0) is 12.8. The second-order valence-corrected chi connectivity index (χ2v) is 5.52. The van der Waals surface area contributed by atoms with Crippen LogP contribution >= 0.6 is 22.9 Å². The zero-order valence-corrected chi connectivity index (χ0v) is 11.2. The van der Waals surface area contributed by atoms with Crippen molar-refractivity contribution in [2.45, 2.75) is 13.0 Å². The third-order valence-corrected chi connectivity index (χ3v) is 3.45. The Balaban J connectivity index is 1.82. The maximum absolute atomic E-state index is 5.81. The van der Waals surface area contributed by atoms with Crippen LogP contribution in [0.3, 0.4) is 0 Å². The summed E-state index contributed by atoms with van der Waals surface area (Å²) < 4.78 is 0.745. The normalized spacial score (nSPS) is 11.5. The van der Waals surface area contributed by atoms with Crippen molar-refractivity contribution in [2.24, 2.45) is 10.9 Å². The Kier molecular flexibility index (Phi) is 4.61. The summed E-state index contributed by atoms with van der Waals surface area (Å²) in [5, 5.41) is 3.88. The van der Waals surface area contributed by atoms with E-state index < -0.39 is 0 Å². The Morgan fingerprint density at radius 1 is 1.22 bits per heavy atom. The van der Waals surface area contributed by atoms with E-state index in [4.69, 9.17) is 22.2 Å². The summed E-state index contributed by atoms with van der Waals surface area (Å²) in [5.74, 6) is 0.462. The first-order chi connectivity index (χ1) is 8.74. The molecule has 0 atom stereocenters. The molecule has 0 spiro atoms. The van der Waals surface area contributed by atoms with E-state index in [9.17, 15) is 0 Å². The molecule has 0 unspecified atom stereocenters. The minimum atomic E-state index is 0.396. The Labute approximate surface area is 115 Å². The number of hydrogen-bond donors (Lipinski definition) is 1. The monoisotopic (exact) mass is 280 g/mol. The molecule has 2 N–H and O–H groups in total. The van der Waals surface area contributed by atoms with Gasteiger partial charge < -0.3 is 10.6 Å². The quantitative estimate of drug-likeness (QED) is 0.518. The lowest BCUT2D eigenvalue weighted by atomic mass is 10.1. The van der Waals surface area contributed by atoms with E-state index in [0.29, 0.717) is 18.9 Å². The van der Waals surface area contributed by atoms with Gasteiger partial charge in [0.1, 0.15) is 5.84 Å². The number of rotatable bonds is 5. The van der Waals surface area contributed by atoms with Crippen LogP contribution in [-0.2, 0) is 17.9 Å². The van der Waals surface area contributed by atoms with Crippen molar-refractivity contribution in [1.82, 2.24) is 0 Å². The highest BCUT2D eigenvalue weighted by Crippen LogP contribution is 2.21. The number of amidine groups is 1. The summed E-state index contributed by atoms with van der Waals surface area (Å²) in [6, 6.07) is 13.7. The first-order valence-electron chi connectivity index (χ1n) is 5.46. The van der Waals surface area contributed by atoms with Crippen LogP contribution in [-0.4, -0.2) is 5.84 Å². The Bertz CT molecular complexity index is 525. The van der Waals surface area contributed by atoms with Crippen LogP contribution in [0.4, 0.5) is 0 Å². The second-order valence-electron chi connectivity index (χ2n) is 3.72. The van der Waals surface area contributed by atoms with Crippen molar-refractivity contribution in [3.63, 3.8) is 0 Å². The molecule has 0 bridgehead atoms. The number of nitrogens with two attached hydrogens (primary N) is 1. The fraction of sp³-hybridized carbons (Fsp3) is 0.154. The molecule has 5 heteroatoms. The summed E-state index contributed by atoms with van der Waals surface area (Å²) >= 11 is 7.29. The Morgan fingerprint density at radius 3 is 2.67 bits per heavy atom. The average molecular weight is 281 g/mol. The molecule has 0 radical (unpaired) electrons. The second kappa shape index (κ2) is 6.42. The van der Waals surface area contributed by atoms with E-state index in [1.807, 2.05) is 42.5 Å². The lowest BCUT2D eigenvalue weighted by Gasteiger charge is -2.01. The molecule has 1 aromatic heterocycles. The topological polar surface area (TPSA) is 47.6 Å². The van der Waals surface area contributed by atoms with Crippen molar-refractivity contribution in [3.05, 3.63) is 57.2 Å². The summed E-state index contributed by atoms with van der Waals surface area (Å²) in [6.07, 6.45) is 0.589. The molecular formula is C13H13ClN2OS. The highest BCUT2D eigenvalue weighted by atomic mass is 35.5. The van der Waals surface area contributed by atoms with Gasteiger partial charge in [0.25, 0.3) is 0 Å². The SMILES string of the molecule is NC(Cc1ccccc1)=NOCc1ccc(Cl)s1. The molecule has 0 aliphatic carbocycles. The fourth-order valence-corrected chi connectivity index (χ4v) is 2.44. The molecule has 0 saturated carbocycles. The molecule has 94 valence electrons. The number of nitrogens with zero attached hydrogens (tertiary/aromatic N) is 1. The highest BCUT2D eigenvalue weighted by Gasteiger charge is 1.99. The van der Waals surface area contributed by atoms with E-state index in [0.717, 1.165) is 14.8 Å². The molecule has 18 heavy (non-hydrogen) atoms. The Hall–Kier alpha value is -1.52. The fourth-order valence-electron chi connectivity index (χ4n) is 1.45. The van der Waals surface area contributed by atoms with Crippen molar-refractivity contribution in [2.75, 3.05) is 0 Å². The van der Waals surface area contributed by atoms with E-state index in [2.05, 4.69) is 5.16 Å². The predicted octanol–water partition coefficient (Wildman–Crippen LogP) is 3.43. The number of thiophene rings is 1. The van der Waals surface area contributed by atoms with Crippen LogP contribution in [0.5, 0.6) is 0 Å². The molecule has 1 heterocycles. The largest absolute Gasteiger partial charge is 0.389 e.